The van der Waals surface area contributed by atoms with Crippen LogP contribution in [0.3, 0.4) is 0 Å². The monoisotopic (exact) mass is 363 g/mol. The van der Waals surface area contributed by atoms with Crippen molar-refractivity contribution >= 4 is 5.91 Å². The third-order valence-corrected chi connectivity index (χ3v) is 4.34. The SMILES string of the molecule is Cc1ccc(CCC(=O)NCc2cccc(COCc3ccco3)c2)cc1. The largest absolute Gasteiger partial charge is 0.467 e. The quantitative estimate of drug-likeness (QED) is 0.607. The molecule has 0 atom stereocenters. The number of amides is 1. The van der Waals surface area contributed by atoms with Crippen molar-refractivity contribution in [3.05, 3.63) is 94.9 Å². The van der Waals surface area contributed by atoms with E-state index in [1.54, 1.807) is 6.26 Å². The molecule has 1 heterocycles. The van der Waals surface area contributed by atoms with E-state index in [2.05, 4.69) is 42.6 Å². The molecule has 1 aromatic heterocycles. The number of rotatable bonds is 9. The van der Waals surface area contributed by atoms with Crippen LogP contribution in [0, 0.1) is 6.92 Å². The van der Waals surface area contributed by atoms with E-state index in [1.807, 2.05) is 30.3 Å². The fourth-order valence-corrected chi connectivity index (χ4v) is 2.80. The van der Waals surface area contributed by atoms with Gasteiger partial charge in [0, 0.05) is 13.0 Å². The van der Waals surface area contributed by atoms with Gasteiger partial charge in [0.25, 0.3) is 0 Å². The van der Waals surface area contributed by atoms with Gasteiger partial charge in [-0.25, -0.2) is 0 Å². The number of hydrogen-bond acceptors (Lipinski definition) is 3. The van der Waals surface area contributed by atoms with Gasteiger partial charge in [0.2, 0.25) is 5.91 Å². The molecule has 0 fully saturated rings. The van der Waals surface area contributed by atoms with Gasteiger partial charge in [-0.05, 0) is 42.2 Å². The Morgan fingerprint density at radius 3 is 2.56 bits per heavy atom. The minimum absolute atomic E-state index is 0.0649. The summed E-state index contributed by atoms with van der Waals surface area (Å²) in [6.07, 6.45) is 2.89. The predicted molar refractivity (Wildman–Crippen MR) is 105 cm³/mol. The molecular formula is C23H25NO3. The zero-order valence-corrected chi connectivity index (χ0v) is 15.6. The minimum Gasteiger partial charge on any atom is -0.467 e. The van der Waals surface area contributed by atoms with Crippen LogP contribution in [0.1, 0.15) is 34.4 Å². The molecule has 0 unspecified atom stereocenters. The summed E-state index contributed by atoms with van der Waals surface area (Å²) in [5.41, 5.74) is 4.56. The summed E-state index contributed by atoms with van der Waals surface area (Å²) in [6.45, 7) is 3.55. The lowest BCUT2D eigenvalue weighted by atomic mass is 10.1. The van der Waals surface area contributed by atoms with Crippen LogP contribution >= 0.6 is 0 Å². The van der Waals surface area contributed by atoms with E-state index in [0.717, 1.165) is 23.3 Å². The Labute approximate surface area is 160 Å². The summed E-state index contributed by atoms with van der Waals surface area (Å²) in [5.74, 6) is 0.877. The Morgan fingerprint density at radius 1 is 0.963 bits per heavy atom. The molecule has 0 aliphatic carbocycles. The Balaban J connectivity index is 1.40. The molecule has 4 nitrogen and oxygen atoms in total. The van der Waals surface area contributed by atoms with Crippen molar-refractivity contribution in [1.29, 1.82) is 0 Å². The van der Waals surface area contributed by atoms with E-state index in [4.69, 9.17) is 9.15 Å². The van der Waals surface area contributed by atoms with E-state index in [0.29, 0.717) is 26.2 Å². The zero-order valence-electron chi connectivity index (χ0n) is 15.6. The van der Waals surface area contributed by atoms with E-state index >= 15 is 0 Å². The normalized spacial score (nSPS) is 10.7. The van der Waals surface area contributed by atoms with Crippen LogP contribution in [0.15, 0.2) is 71.3 Å². The van der Waals surface area contributed by atoms with Crippen molar-refractivity contribution in [2.24, 2.45) is 0 Å². The summed E-state index contributed by atoms with van der Waals surface area (Å²) >= 11 is 0. The molecule has 3 aromatic rings. The van der Waals surface area contributed by atoms with Crippen molar-refractivity contribution in [2.75, 3.05) is 0 Å². The Bertz CT molecular complexity index is 838. The maximum Gasteiger partial charge on any atom is 0.220 e. The molecule has 0 aliphatic heterocycles. The Hall–Kier alpha value is -2.85. The molecule has 0 saturated heterocycles. The molecule has 0 saturated carbocycles. The van der Waals surface area contributed by atoms with Crippen LogP contribution < -0.4 is 5.32 Å². The number of carbonyl (C=O) groups excluding carboxylic acids is 1. The van der Waals surface area contributed by atoms with Crippen molar-refractivity contribution in [2.45, 2.75) is 39.5 Å². The highest BCUT2D eigenvalue weighted by molar-refractivity contribution is 5.76. The summed E-state index contributed by atoms with van der Waals surface area (Å²) in [5, 5.41) is 2.99. The van der Waals surface area contributed by atoms with Crippen LogP contribution in [0.5, 0.6) is 0 Å². The number of aryl methyl sites for hydroxylation is 2. The molecule has 0 spiro atoms. The molecule has 0 aliphatic rings. The van der Waals surface area contributed by atoms with Crippen molar-refractivity contribution in [3.63, 3.8) is 0 Å². The maximum absolute atomic E-state index is 12.1. The van der Waals surface area contributed by atoms with Crippen LogP contribution in [0.4, 0.5) is 0 Å². The lowest BCUT2D eigenvalue weighted by molar-refractivity contribution is -0.121. The van der Waals surface area contributed by atoms with Gasteiger partial charge in [0.15, 0.2) is 0 Å². The maximum atomic E-state index is 12.1. The van der Waals surface area contributed by atoms with Crippen LogP contribution in [0.25, 0.3) is 0 Å². The second-order valence-electron chi connectivity index (χ2n) is 6.65. The third-order valence-electron chi connectivity index (χ3n) is 4.34. The predicted octanol–water partition coefficient (Wildman–Crippen LogP) is 4.55. The highest BCUT2D eigenvalue weighted by Gasteiger charge is 2.04. The number of benzene rings is 2. The first-order valence-corrected chi connectivity index (χ1v) is 9.19. The van der Waals surface area contributed by atoms with E-state index in [9.17, 15) is 4.79 Å². The number of hydrogen-bond donors (Lipinski definition) is 1. The second kappa shape index (κ2) is 9.74. The molecular weight excluding hydrogens is 338 g/mol. The summed E-state index contributed by atoms with van der Waals surface area (Å²) in [6, 6.07) is 20.1. The highest BCUT2D eigenvalue weighted by Crippen LogP contribution is 2.10. The van der Waals surface area contributed by atoms with Crippen molar-refractivity contribution < 1.29 is 13.9 Å². The first-order chi connectivity index (χ1) is 13.2. The summed E-state index contributed by atoms with van der Waals surface area (Å²) in [4.78, 5) is 12.1. The fraction of sp³-hybridized carbons (Fsp3) is 0.261. The average molecular weight is 363 g/mol. The van der Waals surface area contributed by atoms with Crippen LogP contribution in [-0.4, -0.2) is 5.91 Å². The molecule has 1 amide bonds. The Morgan fingerprint density at radius 2 is 1.78 bits per heavy atom. The zero-order chi connectivity index (χ0) is 18.9. The van der Waals surface area contributed by atoms with E-state index in [1.165, 1.54) is 11.1 Å². The fourth-order valence-electron chi connectivity index (χ4n) is 2.80. The lowest BCUT2D eigenvalue weighted by Gasteiger charge is -2.08. The first kappa shape index (κ1) is 18.9. The molecule has 1 N–H and O–H groups in total. The van der Waals surface area contributed by atoms with Crippen LogP contribution in [0.2, 0.25) is 0 Å². The first-order valence-electron chi connectivity index (χ1n) is 9.19. The standard InChI is InChI=1S/C23H25NO3/c1-18-7-9-19(10-8-18)11-12-23(25)24-15-20-4-2-5-21(14-20)16-26-17-22-6-3-13-27-22/h2-10,13-14H,11-12,15-17H2,1H3,(H,24,25). The van der Waals surface area contributed by atoms with E-state index < -0.39 is 0 Å². The van der Waals surface area contributed by atoms with E-state index in [-0.39, 0.29) is 5.91 Å². The molecule has 2 aromatic carbocycles. The lowest BCUT2D eigenvalue weighted by Crippen LogP contribution is -2.23. The van der Waals surface area contributed by atoms with Gasteiger partial charge in [-0.3, -0.25) is 4.79 Å². The number of carbonyl (C=O) groups is 1. The molecule has 4 heteroatoms. The van der Waals surface area contributed by atoms with Gasteiger partial charge in [-0.15, -0.1) is 0 Å². The molecule has 0 radical (unpaired) electrons. The number of nitrogens with one attached hydrogen (secondary N) is 1. The molecule has 27 heavy (non-hydrogen) atoms. The third kappa shape index (κ3) is 6.42. The second-order valence-corrected chi connectivity index (χ2v) is 6.65. The average Bonchev–Trinajstić information content (AvgIpc) is 3.20. The van der Waals surface area contributed by atoms with Gasteiger partial charge in [0.1, 0.15) is 12.4 Å². The van der Waals surface area contributed by atoms with Gasteiger partial charge in [-0.2, -0.15) is 0 Å². The van der Waals surface area contributed by atoms with Gasteiger partial charge in [-0.1, -0.05) is 54.1 Å². The van der Waals surface area contributed by atoms with Crippen molar-refractivity contribution in [1.82, 2.24) is 5.32 Å². The minimum atomic E-state index is 0.0649. The number of furan rings is 1. The van der Waals surface area contributed by atoms with Gasteiger partial charge >= 0.3 is 0 Å². The van der Waals surface area contributed by atoms with Crippen molar-refractivity contribution in [3.8, 4) is 0 Å². The van der Waals surface area contributed by atoms with Gasteiger partial charge in [0.05, 0.1) is 12.9 Å². The topological polar surface area (TPSA) is 51.5 Å². The molecule has 140 valence electrons. The molecule has 0 bridgehead atoms. The smallest absolute Gasteiger partial charge is 0.220 e. The summed E-state index contributed by atoms with van der Waals surface area (Å²) < 4.78 is 10.9. The van der Waals surface area contributed by atoms with Crippen LogP contribution in [-0.2, 0) is 35.7 Å². The van der Waals surface area contributed by atoms with Gasteiger partial charge < -0.3 is 14.5 Å². The number of ether oxygens (including phenoxy) is 1. The molecule has 3 rings (SSSR count). The highest BCUT2D eigenvalue weighted by atomic mass is 16.5. The summed E-state index contributed by atoms with van der Waals surface area (Å²) in [7, 11) is 0. The Kier molecular flexibility index (Phi) is 6.83.